The molecule has 2 rings (SSSR count). The summed E-state index contributed by atoms with van der Waals surface area (Å²) >= 11 is 5.82. The molecule has 0 aliphatic heterocycles. The first-order valence-electron chi connectivity index (χ1n) is 5.20. The largest absolute Gasteiger partial charge is 0.399 e. The third-order valence-electron chi connectivity index (χ3n) is 2.61. The van der Waals surface area contributed by atoms with E-state index in [9.17, 15) is 0 Å². The summed E-state index contributed by atoms with van der Waals surface area (Å²) in [6.45, 7) is 2.66. The molecule has 0 unspecified atom stereocenters. The van der Waals surface area contributed by atoms with Gasteiger partial charge in [0.15, 0.2) is 0 Å². The lowest BCUT2D eigenvalue weighted by atomic mass is 10.2. The van der Waals surface area contributed by atoms with Crippen LogP contribution in [0.2, 0.25) is 5.15 Å². The number of hydrogen-bond donors (Lipinski definition) is 2. The zero-order valence-electron chi connectivity index (χ0n) is 9.74. The van der Waals surface area contributed by atoms with Gasteiger partial charge in [-0.1, -0.05) is 11.6 Å². The highest BCUT2D eigenvalue weighted by atomic mass is 35.5. The zero-order chi connectivity index (χ0) is 12.4. The van der Waals surface area contributed by atoms with Crippen LogP contribution in [0, 0.1) is 6.92 Å². The van der Waals surface area contributed by atoms with E-state index >= 15 is 0 Å². The maximum atomic E-state index is 5.82. The van der Waals surface area contributed by atoms with Gasteiger partial charge in [0, 0.05) is 36.6 Å². The number of halogens is 1. The van der Waals surface area contributed by atoms with Gasteiger partial charge in [-0.25, -0.2) is 4.98 Å². The van der Waals surface area contributed by atoms with Crippen LogP contribution in [0.3, 0.4) is 0 Å². The monoisotopic (exact) mass is 251 g/mol. The molecule has 0 amide bonds. The van der Waals surface area contributed by atoms with Gasteiger partial charge in [0.1, 0.15) is 11.0 Å². The topological polar surface area (TPSA) is 68.8 Å². The van der Waals surface area contributed by atoms with E-state index in [1.165, 1.54) is 0 Å². The fourth-order valence-electron chi connectivity index (χ4n) is 1.51. The molecule has 0 aromatic carbocycles. The molecule has 0 bridgehead atoms. The number of nitrogen functional groups attached to an aromatic ring is 1. The van der Waals surface area contributed by atoms with Gasteiger partial charge in [-0.3, -0.25) is 4.68 Å². The Kier molecular flexibility index (Phi) is 3.19. The lowest BCUT2D eigenvalue weighted by Crippen LogP contribution is -2.03. The van der Waals surface area contributed by atoms with Crippen LogP contribution in [0.5, 0.6) is 0 Å². The summed E-state index contributed by atoms with van der Waals surface area (Å²) in [6, 6.07) is 3.36. The molecule has 2 heterocycles. The Morgan fingerprint density at radius 2 is 2.24 bits per heavy atom. The molecule has 0 aliphatic carbocycles. The Hall–Kier alpha value is -1.75. The van der Waals surface area contributed by atoms with E-state index in [1.807, 2.05) is 24.9 Å². The van der Waals surface area contributed by atoms with Crippen molar-refractivity contribution >= 4 is 23.1 Å². The first-order valence-corrected chi connectivity index (χ1v) is 5.58. The summed E-state index contributed by atoms with van der Waals surface area (Å²) < 4.78 is 1.83. The quantitative estimate of drug-likeness (QED) is 0.819. The van der Waals surface area contributed by atoms with Gasteiger partial charge in [0.25, 0.3) is 0 Å². The third-order valence-corrected chi connectivity index (χ3v) is 2.81. The van der Waals surface area contributed by atoms with Gasteiger partial charge < -0.3 is 11.1 Å². The molecular formula is C11H14ClN5. The molecule has 5 nitrogen and oxygen atoms in total. The van der Waals surface area contributed by atoms with Crippen molar-refractivity contribution < 1.29 is 0 Å². The number of nitrogens with two attached hydrogens (primary N) is 1. The average molecular weight is 252 g/mol. The molecule has 90 valence electrons. The molecule has 3 N–H and O–H groups in total. The highest BCUT2D eigenvalue weighted by molar-refractivity contribution is 6.29. The lowest BCUT2D eigenvalue weighted by Gasteiger charge is -2.06. The third kappa shape index (κ3) is 2.68. The van der Waals surface area contributed by atoms with Gasteiger partial charge >= 0.3 is 0 Å². The molecule has 0 radical (unpaired) electrons. The molecule has 0 aliphatic rings. The zero-order valence-corrected chi connectivity index (χ0v) is 10.5. The second-order valence-corrected chi connectivity index (χ2v) is 4.23. The molecule has 0 saturated carbocycles. The highest BCUT2D eigenvalue weighted by Gasteiger charge is 2.04. The molecule has 0 atom stereocenters. The number of aryl methyl sites for hydroxylation is 1. The second kappa shape index (κ2) is 4.63. The van der Waals surface area contributed by atoms with Gasteiger partial charge in [-0.2, -0.15) is 5.10 Å². The van der Waals surface area contributed by atoms with Crippen molar-refractivity contribution in [1.82, 2.24) is 14.8 Å². The summed E-state index contributed by atoms with van der Waals surface area (Å²) in [5.41, 5.74) is 8.51. The van der Waals surface area contributed by atoms with Crippen molar-refractivity contribution in [2.24, 2.45) is 7.05 Å². The van der Waals surface area contributed by atoms with Gasteiger partial charge in [0.05, 0.1) is 6.20 Å². The minimum Gasteiger partial charge on any atom is -0.399 e. The van der Waals surface area contributed by atoms with Crippen LogP contribution in [0.15, 0.2) is 18.3 Å². The first kappa shape index (κ1) is 11.7. The molecule has 17 heavy (non-hydrogen) atoms. The predicted molar refractivity (Wildman–Crippen MR) is 68.9 cm³/mol. The van der Waals surface area contributed by atoms with E-state index in [0.717, 1.165) is 11.3 Å². The van der Waals surface area contributed by atoms with Crippen LogP contribution >= 0.6 is 11.6 Å². The van der Waals surface area contributed by atoms with Crippen molar-refractivity contribution in [1.29, 1.82) is 0 Å². The summed E-state index contributed by atoms with van der Waals surface area (Å²) in [5.74, 6) is 0.665. The number of pyridine rings is 1. The summed E-state index contributed by atoms with van der Waals surface area (Å²) in [7, 11) is 1.91. The second-order valence-electron chi connectivity index (χ2n) is 3.84. The van der Waals surface area contributed by atoms with E-state index in [0.29, 0.717) is 23.2 Å². The van der Waals surface area contributed by atoms with Crippen LogP contribution in [0.4, 0.5) is 11.5 Å². The molecule has 6 heteroatoms. The highest BCUT2D eigenvalue weighted by Crippen LogP contribution is 2.17. The van der Waals surface area contributed by atoms with Crippen molar-refractivity contribution in [2.75, 3.05) is 11.1 Å². The van der Waals surface area contributed by atoms with Crippen molar-refractivity contribution in [3.8, 4) is 0 Å². The summed E-state index contributed by atoms with van der Waals surface area (Å²) in [4.78, 5) is 4.13. The van der Waals surface area contributed by atoms with Crippen molar-refractivity contribution in [3.05, 3.63) is 34.7 Å². The number of anilines is 2. The minimum atomic E-state index is 0.385. The van der Waals surface area contributed by atoms with E-state index in [2.05, 4.69) is 15.4 Å². The number of rotatable bonds is 3. The normalized spacial score (nSPS) is 10.5. The maximum Gasteiger partial charge on any atom is 0.133 e. The Morgan fingerprint density at radius 1 is 1.47 bits per heavy atom. The van der Waals surface area contributed by atoms with Crippen molar-refractivity contribution in [2.45, 2.75) is 13.5 Å². The first-order chi connectivity index (χ1) is 8.06. The van der Waals surface area contributed by atoms with E-state index < -0.39 is 0 Å². The lowest BCUT2D eigenvalue weighted by molar-refractivity contribution is 0.738. The minimum absolute atomic E-state index is 0.385. The smallest absolute Gasteiger partial charge is 0.133 e. The van der Waals surface area contributed by atoms with Gasteiger partial charge in [-0.15, -0.1) is 0 Å². The Balaban J connectivity index is 2.09. The molecular weight excluding hydrogens is 238 g/mol. The number of hydrogen-bond acceptors (Lipinski definition) is 4. The van der Waals surface area contributed by atoms with E-state index in [1.54, 1.807) is 12.1 Å². The Morgan fingerprint density at radius 3 is 2.82 bits per heavy atom. The SMILES string of the molecule is Cc1c(CNc2cc(N)cc(Cl)n2)cnn1C. The Labute approximate surface area is 105 Å². The molecule has 2 aromatic rings. The van der Waals surface area contributed by atoms with Crippen LogP contribution in [-0.2, 0) is 13.6 Å². The standard InChI is InChI=1S/C11H14ClN5/c1-7-8(6-15-17(7)2)5-14-11-4-9(13)3-10(12)16-11/h3-4,6H,5H2,1-2H3,(H3,13,14,16). The van der Waals surface area contributed by atoms with Crippen LogP contribution in [0.1, 0.15) is 11.3 Å². The van der Waals surface area contributed by atoms with Crippen LogP contribution in [0.25, 0.3) is 0 Å². The van der Waals surface area contributed by atoms with Crippen LogP contribution in [-0.4, -0.2) is 14.8 Å². The van der Waals surface area contributed by atoms with Gasteiger partial charge in [0.2, 0.25) is 0 Å². The maximum absolute atomic E-state index is 5.82. The fraction of sp³-hybridized carbons (Fsp3) is 0.273. The van der Waals surface area contributed by atoms with Gasteiger partial charge in [-0.05, 0) is 13.0 Å². The molecule has 0 spiro atoms. The van der Waals surface area contributed by atoms with Crippen molar-refractivity contribution in [3.63, 3.8) is 0 Å². The summed E-state index contributed by atoms with van der Waals surface area (Å²) in [6.07, 6.45) is 1.83. The van der Waals surface area contributed by atoms with E-state index in [4.69, 9.17) is 17.3 Å². The molecule has 2 aromatic heterocycles. The Bertz CT molecular complexity index is 514. The fourth-order valence-corrected chi connectivity index (χ4v) is 1.73. The number of aromatic nitrogens is 3. The summed E-state index contributed by atoms with van der Waals surface area (Å²) in [5, 5.41) is 7.72. The predicted octanol–water partition coefficient (Wildman–Crippen LogP) is 1.97. The molecule has 0 saturated heterocycles. The average Bonchev–Trinajstić information content (AvgIpc) is 2.56. The molecule has 0 fully saturated rings. The number of nitrogens with zero attached hydrogens (tertiary/aromatic N) is 3. The van der Waals surface area contributed by atoms with Crippen LogP contribution < -0.4 is 11.1 Å². The number of nitrogens with one attached hydrogen (secondary N) is 1. The van der Waals surface area contributed by atoms with E-state index in [-0.39, 0.29) is 0 Å².